The molecule has 1 saturated heterocycles. The van der Waals surface area contributed by atoms with Crippen LogP contribution in [0.25, 0.3) is 0 Å². The summed E-state index contributed by atoms with van der Waals surface area (Å²) in [6, 6.07) is 0. The summed E-state index contributed by atoms with van der Waals surface area (Å²) in [5.74, 6) is 1.38. The normalized spacial score (nSPS) is 23.2. The highest BCUT2D eigenvalue weighted by Gasteiger charge is 2.19. The first-order chi connectivity index (χ1) is 4.47. The Morgan fingerprint density at radius 1 is 1.20 bits per heavy atom. The van der Waals surface area contributed by atoms with Crippen molar-refractivity contribution >= 4 is 5.84 Å². The lowest BCUT2D eigenvalue weighted by atomic mass is 10.3. The van der Waals surface area contributed by atoms with E-state index in [1.54, 1.807) is 0 Å². The number of hydrogen-bond donors (Lipinski definition) is 1. The van der Waals surface area contributed by atoms with Gasteiger partial charge >= 0.3 is 0 Å². The molecule has 0 aromatic heterocycles. The van der Waals surface area contributed by atoms with Crippen molar-refractivity contribution in [2.24, 2.45) is 4.99 Å². The van der Waals surface area contributed by atoms with Crippen LogP contribution in [0.15, 0.2) is 4.99 Å². The molecule has 3 nitrogen and oxygen atoms in total. The summed E-state index contributed by atoms with van der Waals surface area (Å²) in [4.78, 5) is 6.85. The highest BCUT2D eigenvalue weighted by Crippen LogP contribution is 2.14. The summed E-state index contributed by atoms with van der Waals surface area (Å²) in [6.45, 7) is 3.60. The molecule has 2 rings (SSSR count). The monoisotopic (exact) mass is 141 g/mol. The molecule has 3 heteroatoms. The van der Waals surface area contributed by atoms with Crippen molar-refractivity contribution in [3.05, 3.63) is 0 Å². The van der Waals surface area contributed by atoms with Crippen molar-refractivity contribution < 1.29 is 0 Å². The fourth-order valence-corrected chi connectivity index (χ4v) is 1.60. The fourth-order valence-electron chi connectivity index (χ4n) is 1.60. The standard InChI is InChI=1S/C7H12N2.H3N/c1-3-7-8-4-2-6-9(7)5-1;/h1-6H2;1H3. The van der Waals surface area contributed by atoms with Crippen LogP contribution in [0.5, 0.6) is 0 Å². The van der Waals surface area contributed by atoms with E-state index < -0.39 is 0 Å². The van der Waals surface area contributed by atoms with Crippen LogP contribution in [-0.4, -0.2) is 30.4 Å². The lowest BCUT2D eigenvalue weighted by Crippen LogP contribution is -2.29. The molecule has 0 spiro atoms. The molecule has 0 atom stereocenters. The number of fused-ring (bicyclic) bond motifs is 1. The molecule has 0 amide bonds. The first-order valence-corrected chi connectivity index (χ1v) is 3.75. The number of rotatable bonds is 0. The maximum atomic E-state index is 4.43. The number of hydrogen-bond acceptors (Lipinski definition) is 3. The van der Waals surface area contributed by atoms with Crippen molar-refractivity contribution in [2.75, 3.05) is 19.6 Å². The fraction of sp³-hybridized carbons (Fsp3) is 0.857. The Bertz CT molecular complexity index is 142. The number of nitrogens with zero attached hydrogens (tertiary/aromatic N) is 2. The van der Waals surface area contributed by atoms with Crippen LogP contribution in [0.4, 0.5) is 0 Å². The van der Waals surface area contributed by atoms with Crippen LogP contribution in [-0.2, 0) is 0 Å². The summed E-state index contributed by atoms with van der Waals surface area (Å²) >= 11 is 0. The lowest BCUT2D eigenvalue weighted by molar-refractivity contribution is 0.427. The van der Waals surface area contributed by atoms with Crippen LogP contribution < -0.4 is 6.15 Å². The van der Waals surface area contributed by atoms with Crippen LogP contribution in [0.1, 0.15) is 19.3 Å². The highest BCUT2D eigenvalue weighted by molar-refractivity contribution is 5.84. The number of amidine groups is 1. The molecule has 58 valence electrons. The van der Waals surface area contributed by atoms with Crippen LogP contribution >= 0.6 is 0 Å². The Balaban J connectivity index is 0.000000500. The molecule has 2 aliphatic heterocycles. The third-order valence-corrected chi connectivity index (χ3v) is 2.07. The summed E-state index contributed by atoms with van der Waals surface area (Å²) in [5, 5.41) is 0. The smallest absolute Gasteiger partial charge is 0.0989 e. The number of aliphatic imine (C=N–C) groups is 1. The van der Waals surface area contributed by atoms with E-state index in [-0.39, 0.29) is 6.15 Å². The van der Waals surface area contributed by atoms with E-state index in [2.05, 4.69) is 9.89 Å². The zero-order chi connectivity index (χ0) is 6.10. The predicted octanol–water partition coefficient (Wildman–Crippen LogP) is 1.05. The minimum Gasteiger partial charge on any atom is -0.360 e. The average molecular weight is 141 g/mol. The third-order valence-electron chi connectivity index (χ3n) is 2.07. The molecule has 2 aliphatic rings. The predicted molar refractivity (Wildman–Crippen MR) is 42.7 cm³/mol. The van der Waals surface area contributed by atoms with Gasteiger partial charge in [-0.1, -0.05) is 0 Å². The van der Waals surface area contributed by atoms with E-state index >= 15 is 0 Å². The van der Waals surface area contributed by atoms with E-state index in [9.17, 15) is 0 Å². The topological polar surface area (TPSA) is 50.6 Å². The van der Waals surface area contributed by atoms with E-state index in [1.165, 1.54) is 38.2 Å². The van der Waals surface area contributed by atoms with Crippen LogP contribution in [0.2, 0.25) is 0 Å². The van der Waals surface area contributed by atoms with Gasteiger partial charge in [-0.3, -0.25) is 4.99 Å². The molecule has 2 heterocycles. The Hall–Kier alpha value is -0.570. The first-order valence-electron chi connectivity index (χ1n) is 3.75. The van der Waals surface area contributed by atoms with E-state index in [0.717, 1.165) is 6.54 Å². The largest absolute Gasteiger partial charge is 0.360 e. The maximum absolute atomic E-state index is 4.43. The molecule has 1 fully saturated rings. The molecule has 0 unspecified atom stereocenters. The lowest BCUT2D eigenvalue weighted by Gasteiger charge is -2.21. The van der Waals surface area contributed by atoms with Crippen molar-refractivity contribution in [1.29, 1.82) is 0 Å². The van der Waals surface area contributed by atoms with E-state index in [1.807, 2.05) is 0 Å². The van der Waals surface area contributed by atoms with Gasteiger partial charge in [-0.25, -0.2) is 0 Å². The quantitative estimate of drug-likeness (QED) is 0.548. The molecular weight excluding hydrogens is 126 g/mol. The molecule has 0 saturated carbocycles. The average Bonchev–Trinajstić information content (AvgIpc) is 2.33. The minimum atomic E-state index is 0. The summed E-state index contributed by atoms with van der Waals surface area (Å²) in [7, 11) is 0. The van der Waals surface area contributed by atoms with E-state index in [0.29, 0.717) is 0 Å². The highest BCUT2D eigenvalue weighted by atomic mass is 15.2. The molecule has 0 aliphatic carbocycles. The molecule has 0 aromatic carbocycles. The second-order valence-electron chi connectivity index (χ2n) is 2.74. The van der Waals surface area contributed by atoms with Gasteiger partial charge in [0.25, 0.3) is 0 Å². The molecule has 0 aromatic rings. The molecule has 0 radical (unpaired) electrons. The van der Waals surface area contributed by atoms with Crippen LogP contribution in [0, 0.1) is 0 Å². The van der Waals surface area contributed by atoms with Gasteiger partial charge in [-0.15, -0.1) is 0 Å². The van der Waals surface area contributed by atoms with Gasteiger partial charge in [0.15, 0.2) is 0 Å². The van der Waals surface area contributed by atoms with Gasteiger partial charge in [-0.05, 0) is 12.8 Å². The van der Waals surface area contributed by atoms with Crippen molar-refractivity contribution in [1.82, 2.24) is 11.1 Å². The van der Waals surface area contributed by atoms with Gasteiger partial charge in [0.05, 0.1) is 5.84 Å². The van der Waals surface area contributed by atoms with Gasteiger partial charge in [-0.2, -0.15) is 0 Å². The van der Waals surface area contributed by atoms with E-state index in [4.69, 9.17) is 0 Å². The maximum Gasteiger partial charge on any atom is 0.0989 e. The van der Waals surface area contributed by atoms with Gasteiger partial charge in [0.1, 0.15) is 0 Å². The zero-order valence-electron chi connectivity index (χ0n) is 6.34. The van der Waals surface area contributed by atoms with Crippen molar-refractivity contribution in [3.8, 4) is 0 Å². The van der Waals surface area contributed by atoms with Gasteiger partial charge < -0.3 is 11.1 Å². The van der Waals surface area contributed by atoms with Gasteiger partial charge in [0.2, 0.25) is 0 Å². The molecule has 3 N–H and O–H groups in total. The van der Waals surface area contributed by atoms with Gasteiger partial charge in [0, 0.05) is 26.1 Å². The minimum absolute atomic E-state index is 0. The Morgan fingerprint density at radius 2 is 2.00 bits per heavy atom. The second-order valence-corrected chi connectivity index (χ2v) is 2.74. The molecule has 0 bridgehead atoms. The Kier molecular flexibility index (Phi) is 2.27. The summed E-state index contributed by atoms with van der Waals surface area (Å²) < 4.78 is 0. The summed E-state index contributed by atoms with van der Waals surface area (Å²) in [5.41, 5.74) is 0. The third kappa shape index (κ3) is 1.14. The Morgan fingerprint density at radius 3 is 2.80 bits per heavy atom. The second kappa shape index (κ2) is 3.01. The van der Waals surface area contributed by atoms with Crippen LogP contribution in [0.3, 0.4) is 0 Å². The first kappa shape index (κ1) is 7.54. The Labute approximate surface area is 61.7 Å². The van der Waals surface area contributed by atoms with Crippen molar-refractivity contribution in [3.63, 3.8) is 0 Å². The van der Waals surface area contributed by atoms with Crippen molar-refractivity contribution in [2.45, 2.75) is 19.3 Å². The molecule has 10 heavy (non-hydrogen) atoms. The zero-order valence-corrected chi connectivity index (χ0v) is 6.34. The molecular formula is C7H15N3. The SMILES string of the molecule is C1CN=C2CCCN2C1.N. The summed E-state index contributed by atoms with van der Waals surface area (Å²) in [6.07, 6.45) is 3.84.